The average Bonchev–Trinajstić information content (AvgIpc) is 3.24. The number of aromatic nitrogens is 2. The third kappa shape index (κ3) is 2.68. The fraction of sp³-hybridized carbons (Fsp3) is 0.263. The topological polar surface area (TPSA) is 72.3 Å². The summed E-state index contributed by atoms with van der Waals surface area (Å²) in [5.41, 5.74) is 3.27. The van der Waals surface area contributed by atoms with E-state index in [4.69, 9.17) is 0 Å². The average molecular weight is 369 g/mol. The summed E-state index contributed by atoms with van der Waals surface area (Å²) in [6.07, 6.45) is 0.812. The molecule has 1 aliphatic heterocycles. The highest BCUT2D eigenvalue weighted by molar-refractivity contribution is 7.91. The fourth-order valence-electron chi connectivity index (χ4n) is 3.39. The second-order valence-electron chi connectivity index (χ2n) is 6.30. The molecule has 26 heavy (non-hydrogen) atoms. The van der Waals surface area contributed by atoms with Crippen LogP contribution in [-0.4, -0.2) is 36.2 Å². The number of anilines is 1. The molecule has 0 radical (unpaired) electrons. The van der Waals surface area contributed by atoms with Crippen LogP contribution >= 0.6 is 0 Å². The molecule has 0 saturated carbocycles. The summed E-state index contributed by atoms with van der Waals surface area (Å²) in [6.45, 7) is 2.14. The lowest BCUT2D eigenvalue weighted by molar-refractivity contribution is -0.119. The van der Waals surface area contributed by atoms with Crippen molar-refractivity contribution in [3.05, 3.63) is 54.1 Å². The summed E-state index contributed by atoms with van der Waals surface area (Å²) in [7, 11) is -3.54. The lowest BCUT2D eigenvalue weighted by Gasteiger charge is -2.18. The largest absolute Gasteiger partial charge is 0.310 e. The number of carbonyl (C=O) groups is 1. The molecule has 0 fully saturated rings. The lowest BCUT2D eigenvalue weighted by atomic mass is 10.2. The second kappa shape index (κ2) is 6.25. The molecule has 134 valence electrons. The number of imidazole rings is 1. The van der Waals surface area contributed by atoms with Gasteiger partial charge in [0.15, 0.2) is 0 Å². The number of amides is 1. The molecule has 3 aromatic rings. The molecule has 0 aliphatic carbocycles. The molecule has 0 atom stereocenters. The Bertz CT molecular complexity index is 1100. The molecule has 4 rings (SSSR count). The van der Waals surface area contributed by atoms with Gasteiger partial charge in [0.2, 0.25) is 20.9 Å². The van der Waals surface area contributed by atoms with E-state index < -0.39 is 9.84 Å². The predicted octanol–water partition coefficient (Wildman–Crippen LogP) is 2.42. The molecular formula is C19H19N3O3S. The van der Waals surface area contributed by atoms with Gasteiger partial charge in [-0.15, -0.1) is 0 Å². The van der Waals surface area contributed by atoms with E-state index in [1.807, 2.05) is 30.3 Å². The zero-order valence-corrected chi connectivity index (χ0v) is 15.2. The Kier molecular flexibility index (Phi) is 4.03. The van der Waals surface area contributed by atoms with Crippen molar-refractivity contribution in [1.29, 1.82) is 0 Å². The van der Waals surface area contributed by atoms with E-state index in [9.17, 15) is 13.2 Å². The minimum Gasteiger partial charge on any atom is -0.310 e. The van der Waals surface area contributed by atoms with Gasteiger partial charge in [0.05, 0.1) is 16.8 Å². The van der Waals surface area contributed by atoms with Crippen molar-refractivity contribution in [2.45, 2.75) is 25.0 Å². The summed E-state index contributed by atoms with van der Waals surface area (Å²) in [4.78, 5) is 19.0. The summed E-state index contributed by atoms with van der Waals surface area (Å²) >= 11 is 0. The van der Waals surface area contributed by atoms with Gasteiger partial charge in [-0.1, -0.05) is 37.3 Å². The Hall–Kier alpha value is -2.67. The fourth-order valence-corrected chi connectivity index (χ4v) is 4.38. The molecule has 1 aliphatic rings. The van der Waals surface area contributed by atoms with Crippen molar-refractivity contribution in [1.82, 2.24) is 9.55 Å². The number of benzene rings is 2. The van der Waals surface area contributed by atoms with Crippen LogP contribution in [-0.2, 0) is 27.6 Å². The summed E-state index contributed by atoms with van der Waals surface area (Å²) in [6, 6.07) is 15.0. The molecular weight excluding hydrogens is 350 g/mol. The molecule has 2 heterocycles. The normalized spacial score (nSPS) is 14.0. The lowest BCUT2D eigenvalue weighted by Crippen LogP contribution is -2.33. The van der Waals surface area contributed by atoms with E-state index in [1.165, 1.54) is 4.57 Å². The first-order valence-electron chi connectivity index (χ1n) is 8.57. The van der Waals surface area contributed by atoms with Crippen LogP contribution in [0.1, 0.15) is 12.5 Å². The van der Waals surface area contributed by atoms with Crippen LogP contribution in [0.3, 0.4) is 0 Å². The van der Waals surface area contributed by atoms with Crippen molar-refractivity contribution >= 4 is 32.5 Å². The molecule has 0 saturated heterocycles. The maximum absolute atomic E-state index is 13.0. The van der Waals surface area contributed by atoms with E-state index in [0.717, 1.165) is 17.7 Å². The number of hydrogen-bond donors (Lipinski definition) is 0. The Morgan fingerprint density at radius 3 is 2.65 bits per heavy atom. The Balaban J connectivity index is 1.76. The maximum atomic E-state index is 13.0. The molecule has 0 N–H and O–H groups in total. The Labute approximate surface area is 152 Å². The van der Waals surface area contributed by atoms with Crippen molar-refractivity contribution in [2.24, 2.45) is 0 Å². The summed E-state index contributed by atoms with van der Waals surface area (Å²) in [5.74, 6) is -0.192. The van der Waals surface area contributed by atoms with Crippen LogP contribution in [0.25, 0.3) is 11.0 Å². The number of nitrogens with zero attached hydrogens (tertiary/aromatic N) is 3. The third-order valence-electron chi connectivity index (χ3n) is 4.76. The van der Waals surface area contributed by atoms with Crippen LogP contribution in [0.4, 0.5) is 5.69 Å². The molecule has 2 aromatic carbocycles. The monoisotopic (exact) mass is 369 g/mol. The molecule has 6 nitrogen and oxygen atoms in total. The van der Waals surface area contributed by atoms with Crippen LogP contribution in [0.5, 0.6) is 0 Å². The zero-order valence-electron chi connectivity index (χ0n) is 14.4. The van der Waals surface area contributed by atoms with Gasteiger partial charge >= 0.3 is 0 Å². The minimum atomic E-state index is -3.54. The Morgan fingerprint density at radius 2 is 1.85 bits per heavy atom. The number of sulfone groups is 1. The van der Waals surface area contributed by atoms with Crippen molar-refractivity contribution < 1.29 is 13.2 Å². The first-order valence-corrected chi connectivity index (χ1v) is 10.2. The van der Waals surface area contributed by atoms with Gasteiger partial charge in [-0.25, -0.2) is 13.4 Å². The third-order valence-corrected chi connectivity index (χ3v) is 6.39. The molecule has 0 bridgehead atoms. The summed E-state index contributed by atoms with van der Waals surface area (Å²) in [5, 5.41) is -0.0398. The van der Waals surface area contributed by atoms with Gasteiger partial charge in [0.25, 0.3) is 0 Å². The van der Waals surface area contributed by atoms with Gasteiger partial charge in [-0.05, 0) is 30.2 Å². The maximum Gasteiger partial charge on any atom is 0.247 e. The smallest absolute Gasteiger partial charge is 0.247 e. The second-order valence-corrected chi connectivity index (χ2v) is 8.47. The van der Waals surface area contributed by atoms with Gasteiger partial charge in [0, 0.05) is 12.2 Å². The molecule has 1 aromatic heterocycles. The Morgan fingerprint density at radius 1 is 1.12 bits per heavy atom. The van der Waals surface area contributed by atoms with Crippen molar-refractivity contribution in [2.75, 3.05) is 17.2 Å². The van der Waals surface area contributed by atoms with Crippen LogP contribution in [0.2, 0.25) is 0 Å². The van der Waals surface area contributed by atoms with Crippen LogP contribution in [0, 0.1) is 0 Å². The summed E-state index contributed by atoms with van der Waals surface area (Å²) < 4.78 is 26.5. The minimum absolute atomic E-state index is 0.0398. The molecule has 0 unspecified atom stereocenters. The standard InChI is InChI=1S/C19H19N3O3S/c1-2-26(24,25)19-20-15-8-4-6-10-17(15)22(19)13-18(23)21-12-11-14-7-3-5-9-16(14)21/h3-10H,2,11-13H2,1H3. The first kappa shape index (κ1) is 16.8. The number of fused-ring (bicyclic) bond motifs is 2. The van der Waals surface area contributed by atoms with Gasteiger partial charge < -0.3 is 9.47 Å². The van der Waals surface area contributed by atoms with Gasteiger partial charge in [-0.2, -0.15) is 0 Å². The van der Waals surface area contributed by atoms with E-state index in [2.05, 4.69) is 4.98 Å². The number of rotatable bonds is 4. The molecule has 1 amide bonds. The van der Waals surface area contributed by atoms with E-state index in [1.54, 1.807) is 30.0 Å². The van der Waals surface area contributed by atoms with Crippen LogP contribution in [0.15, 0.2) is 53.7 Å². The van der Waals surface area contributed by atoms with Gasteiger partial charge in [0.1, 0.15) is 6.54 Å². The van der Waals surface area contributed by atoms with Crippen molar-refractivity contribution in [3.63, 3.8) is 0 Å². The zero-order chi connectivity index (χ0) is 18.3. The molecule has 7 heteroatoms. The molecule has 0 spiro atoms. The number of para-hydroxylation sites is 3. The highest BCUT2D eigenvalue weighted by atomic mass is 32.2. The van der Waals surface area contributed by atoms with Crippen molar-refractivity contribution in [3.8, 4) is 0 Å². The SMILES string of the molecule is CCS(=O)(=O)c1nc2ccccc2n1CC(=O)N1CCc2ccccc21. The predicted molar refractivity (Wildman–Crippen MR) is 100.0 cm³/mol. The van der Waals surface area contributed by atoms with E-state index >= 15 is 0 Å². The highest BCUT2D eigenvalue weighted by Crippen LogP contribution is 2.28. The first-order chi connectivity index (χ1) is 12.5. The van der Waals surface area contributed by atoms with E-state index in [0.29, 0.717) is 17.6 Å². The van der Waals surface area contributed by atoms with E-state index in [-0.39, 0.29) is 23.4 Å². The highest BCUT2D eigenvalue weighted by Gasteiger charge is 2.28. The quantitative estimate of drug-likeness (QED) is 0.708. The van der Waals surface area contributed by atoms with Crippen LogP contribution < -0.4 is 4.90 Å². The van der Waals surface area contributed by atoms with Gasteiger partial charge in [-0.3, -0.25) is 4.79 Å². The number of hydrogen-bond acceptors (Lipinski definition) is 4. The number of carbonyl (C=O) groups excluding carboxylic acids is 1.